The van der Waals surface area contributed by atoms with Gasteiger partial charge in [-0.1, -0.05) is 20.8 Å². The van der Waals surface area contributed by atoms with Gasteiger partial charge in [-0.15, -0.1) is 0 Å². The molecule has 0 heterocycles. The molecule has 2 unspecified atom stereocenters. The van der Waals surface area contributed by atoms with Gasteiger partial charge in [-0.2, -0.15) is 0 Å². The molecule has 4 nitrogen and oxygen atoms in total. The first-order valence-electron chi connectivity index (χ1n) is 5.52. The normalized spacial score (nSPS) is 15.3. The van der Waals surface area contributed by atoms with Crippen molar-refractivity contribution in [3.8, 4) is 0 Å². The van der Waals surface area contributed by atoms with Crippen LogP contribution in [0.4, 0.5) is 0 Å². The minimum Gasteiger partial charge on any atom is -0.481 e. The maximum absolute atomic E-state index is 10.6. The summed E-state index contributed by atoms with van der Waals surface area (Å²) in [5, 5.41) is 12.0. The van der Waals surface area contributed by atoms with E-state index in [2.05, 4.69) is 19.2 Å². The molecule has 0 saturated heterocycles. The van der Waals surface area contributed by atoms with Gasteiger partial charge in [-0.05, 0) is 12.8 Å². The van der Waals surface area contributed by atoms with Crippen molar-refractivity contribution >= 4 is 5.97 Å². The molecule has 2 N–H and O–H groups in total. The zero-order chi connectivity index (χ0) is 11.8. The maximum Gasteiger partial charge on any atom is 0.307 e. The molecule has 0 aromatic heterocycles. The maximum atomic E-state index is 10.6. The summed E-state index contributed by atoms with van der Waals surface area (Å²) >= 11 is 0. The highest BCUT2D eigenvalue weighted by molar-refractivity contribution is 5.69. The van der Waals surface area contributed by atoms with Gasteiger partial charge in [0.25, 0.3) is 0 Å². The summed E-state index contributed by atoms with van der Waals surface area (Å²) in [6, 6.07) is 0.228. The minimum absolute atomic E-state index is 0.228. The van der Waals surface area contributed by atoms with E-state index in [1.54, 1.807) is 6.92 Å². The molecule has 0 aliphatic heterocycles. The zero-order valence-corrected chi connectivity index (χ0v) is 10.1. The standard InChI is InChI=1S/C11H23NO3/c1-5-15-7-10(8(2)3)12-6-9(4)11(13)14/h8-10,12H,5-7H2,1-4H3,(H,13,14). The molecular formula is C11H23NO3. The van der Waals surface area contributed by atoms with Crippen molar-refractivity contribution in [2.75, 3.05) is 19.8 Å². The van der Waals surface area contributed by atoms with Crippen molar-refractivity contribution in [2.45, 2.75) is 33.7 Å². The Morgan fingerprint density at radius 2 is 2.00 bits per heavy atom. The molecule has 0 fully saturated rings. The van der Waals surface area contributed by atoms with Crippen molar-refractivity contribution in [3.63, 3.8) is 0 Å². The second kappa shape index (κ2) is 7.65. The molecule has 2 atom stereocenters. The lowest BCUT2D eigenvalue weighted by atomic mass is 10.0. The molecule has 0 radical (unpaired) electrons. The molecule has 0 saturated carbocycles. The van der Waals surface area contributed by atoms with Gasteiger partial charge in [0.15, 0.2) is 0 Å². The van der Waals surface area contributed by atoms with Crippen LogP contribution in [-0.2, 0) is 9.53 Å². The predicted octanol–water partition coefficient (Wildman–Crippen LogP) is 1.36. The molecule has 0 aromatic carbocycles. The summed E-state index contributed by atoms with van der Waals surface area (Å²) in [5.74, 6) is -0.674. The highest BCUT2D eigenvalue weighted by Gasteiger charge is 2.16. The van der Waals surface area contributed by atoms with Crippen molar-refractivity contribution in [1.82, 2.24) is 5.32 Å². The molecule has 15 heavy (non-hydrogen) atoms. The number of hydrogen-bond acceptors (Lipinski definition) is 3. The molecule has 0 aliphatic rings. The highest BCUT2D eigenvalue weighted by atomic mass is 16.5. The van der Waals surface area contributed by atoms with Gasteiger partial charge in [0.05, 0.1) is 12.5 Å². The summed E-state index contributed by atoms with van der Waals surface area (Å²) in [4.78, 5) is 10.6. The first-order valence-corrected chi connectivity index (χ1v) is 5.52. The van der Waals surface area contributed by atoms with Crippen LogP contribution < -0.4 is 5.32 Å². The van der Waals surface area contributed by atoms with Crippen LogP contribution in [0.15, 0.2) is 0 Å². The number of aliphatic carboxylic acids is 1. The second-order valence-electron chi connectivity index (χ2n) is 4.16. The number of carboxylic acids is 1. The van der Waals surface area contributed by atoms with Crippen LogP contribution >= 0.6 is 0 Å². The lowest BCUT2D eigenvalue weighted by Crippen LogP contribution is -2.41. The number of nitrogens with one attached hydrogen (secondary N) is 1. The van der Waals surface area contributed by atoms with Crippen LogP contribution in [0.25, 0.3) is 0 Å². The third kappa shape index (κ3) is 6.47. The number of rotatable bonds is 8. The summed E-state index contributed by atoms with van der Waals surface area (Å²) in [5.41, 5.74) is 0. The molecule has 0 amide bonds. The molecular weight excluding hydrogens is 194 g/mol. The number of ether oxygens (including phenoxy) is 1. The number of carboxylic acid groups (broad SMARTS) is 1. The monoisotopic (exact) mass is 217 g/mol. The van der Waals surface area contributed by atoms with Gasteiger partial charge in [-0.3, -0.25) is 4.79 Å². The summed E-state index contributed by atoms with van der Waals surface area (Å²) in [6.07, 6.45) is 0. The topological polar surface area (TPSA) is 58.6 Å². The Bertz CT molecular complexity index is 183. The molecule has 0 aliphatic carbocycles. The van der Waals surface area contributed by atoms with Gasteiger partial charge in [0.2, 0.25) is 0 Å². The Hall–Kier alpha value is -0.610. The van der Waals surface area contributed by atoms with Crippen molar-refractivity contribution < 1.29 is 14.6 Å². The van der Waals surface area contributed by atoms with Crippen LogP contribution in [0.2, 0.25) is 0 Å². The Kier molecular flexibility index (Phi) is 7.34. The summed E-state index contributed by atoms with van der Waals surface area (Å²) in [7, 11) is 0. The van der Waals surface area contributed by atoms with Crippen LogP contribution in [0.3, 0.4) is 0 Å². The van der Waals surface area contributed by atoms with E-state index in [-0.39, 0.29) is 12.0 Å². The fourth-order valence-electron chi connectivity index (χ4n) is 1.15. The fraction of sp³-hybridized carbons (Fsp3) is 0.909. The SMILES string of the molecule is CCOCC(NCC(C)C(=O)O)C(C)C. The average Bonchev–Trinajstić information content (AvgIpc) is 2.16. The van der Waals surface area contributed by atoms with Gasteiger partial charge in [0.1, 0.15) is 0 Å². The third-order valence-corrected chi connectivity index (χ3v) is 2.41. The first-order chi connectivity index (χ1) is 6.99. The van der Waals surface area contributed by atoms with E-state index in [0.717, 1.165) is 0 Å². The number of carbonyl (C=O) groups is 1. The second-order valence-corrected chi connectivity index (χ2v) is 4.16. The van der Waals surface area contributed by atoms with Crippen molar-refractivity contribution in [2.24, 2.45) is 11.8 Å². The molecule has 0 rings (SSSR count). The molecule has 0 aromatic rings. The van der Waals surface area contributed by atoms with Gasteiger partial charge in [-0.25, -0.2) is 0 Å². The van der Waals surface area contributed by atoms with Crippen molar-refractivity contribution in [1.29, 1.82) is 0 Å². The van der Waals surface area contributed by atoms with Crippen LogP contribution in [0, 0.1) is 11.8 Å². The minimum atomic E-state index is -0.763. The van der Waals surface area contributed by atoms with E-state index in [0.29, 0.717) is 25.7 Å². The van der Waals surface area contributed by atoms with Crippen LogP contribution in [0.1, 0.15) is 27.7 Å². The van der Waals surface area contributed by atoms with Gasteiger partial charge in [0, 0.05) is 19.2 Å². The van der Waals surface area contributed by atoms with Crippen molar-refractivity contribution in [3.05, 3.63) is 0 Å². The quantitative estimate of drug-likeness (QED) is 0.644. The van der Waals surface area contributed by atoms with Crippen LogP contribution in [-0.4, -0.2) is 36.9 Å². The van der Waals surface area contributed by atoms with E-state index in [1.165, 1.54) is 0 Å². The molecule has 90 valence electrons. The van der Waals surface area contributed by atoms with Gasteiger partial charge < -0.3 is 15.2 Å². The lowest BCUT2D eigenvalue weighted by Gasteiger charge is -2.23. The molecule has 4 heteroatoms. The van der Waals surface area contributed by atoms with Crippen LogP contribution in [0.5, 0.6) is 0 Å². The fourth-order valence-corrected chi connectivity index (χ4v) is 1.15. The van der Waals surface area contributed by atoms with E-state index < -0.39 is 5.97 Å². The Balaban J connectivity index is 3.90. The summed E-state index contributed by atoms with van der Waals surface area (Å²) in [6.45, 7) is 9.68. The Morgan fingerprint density at radius 3 is 2.40 bits per heavy atom. The van der Waals surface area contributed by atoms with E-state index in [4.69, 9.17) is 9.84 Å². The van der Waals surface area contributed by atoms with E-state index in [1.807, 2.05) is 6.92 Å². The zero-order valence-electron chi connectivity index (χ0n) is 10.1. The average molecular weight is 217 g/mol. The smallest absolute Gasteiger partial charge is 0.307 e. The van der Waals surface area contributed by atoms with E-state index >= 15 is 0 Å². The Morgan fingerprint density at radius 1 is 1.40 bits per heavy atom. The van der Waals surface area contributed by atoms with E-state index in [9.17, 15) is 4.79 Å². The Labute approximate surface area is 92.0 Å². The molecule has 0 bridgehead atoms. The first kappa shape index (κ1) is 14.4. The predicted molar refractivity (Wildman–Crippen MR) is 59.9 cm³/mol. The number of hydrogen-bond donors (Lipinski definition) is 2. The lowest BCUT2D eigenvalue weighted by molar-refractivity contribution is -0.141. The van der Waals surface area contributed by atoms with Gasteiger partial charge >= 0.3 is 5.97 Å². The third-order valence-electron chi connectivity index (χ3n) is 2.41. The largest absolute Gasteiger partial charge is 0.481 e. The molecule has 0 spiro atoms. The highest BCUT2D eigenvalue weighted by Crippen LogP contribution is 2.03. The summed E-state index contributed by atoms with van der Waals surface area (Å²) < 4.78 is 5.34.